The number of nitrogens with zero attached hydrogens (tertiary/aromatic N) is 1. The first-order valence-corrected chi connectivity index (χ1v) is 4.68. The molecule has 74 valence electrons. The van der Waals surface area contributed by atoms with Gasteiger partial charge in [0, 0.05) is 18.2 Å². The zero-order valence-corrected chi connectivity index (χ0v) is 7.72. The second kappa shape index (κ2) is 3.38. The van der Waals surface area contributed by atoms with E-state index in [4.69, 9.17) is 5.73 Å². The van der Waals surface area contributed by atoms with Crippen LogP contribution in [0.2, 0.25) is 0 Å². The lowest BCUT2D eigenvalue weighted by molar-refractivity contribution is -0.384. The molecule has 1 aliphatic rings. The number of nitrogens with two attached hydrogens (primary N) is 1. The Kier molecular flexibility index (Phi) is 2.21. The van der Waals surface area contributed by atoms with Crippen molar-refractivity contribution in [2.24, 2.45) is 11.7 Å². The molecule has 1 aliphatic carbocycles. The maximum Gasteiger partial charge on any atom is 0.269 e. The summed E-state index contributed by atoms with van der Waals surface area (Å²) in [7, 11) is 0. The molecule has 4 heteroatoms. The first-order valence-electron chi connectivity index (χ1n) is 4.68. The van der Waals surface area contributed by atoms with Crippen molar-refractivity contribution < 1.29 is 4.92 Å². The van der Waals surface area contributed by atoms with Crippen molar-refractivity contribution in [1.29, 1.82) is 0 Å². The number of benzene rings is 1. The Hall–Kier alpha value is -1.42. The highest BCUT2D eigenvalue weighted by molar-refractivity contribution is 5.36. The minimum atomic E-state index is -0.386. The standard InChI is InChI=1S/C10H12N2O2/c11-10(7-4-5-7)8-2-1-3-9(6-8)12(13)14/h1-3,6-7,10H,4-5,11H2/t10-/m1/s1. The number of nitro groups is 1. The summed E-state index contributed by atoms with van der Waals surface area (Å²) in [6, 6.07) is 6.58. The normalized spacial score (nSPS) is 17.8. The summed E-state index contributed by atoms with van der Waals surface area (Å²) >= 11 is 0. The summed E-state index contributed by atoms with van der Waals surface area (Å²) in [5, 5.41) is 10.5. The lowest BCUT2D eigenvalue weighted by Gasteiger charge is -2.09. The molecule has 0 aliphatic heterocycles. The van der Waals surface area contributed by atoms with Crippen LogP contribution in [0.15, 0.2) is 24.3 Å². The summed E-state index contributed by atoms with van der Waals surface area (Å²) < 4.78 is 0. The van der Waals surface area contributed by atoms with Gasteiger partial charge in [-0.3, -0.25) is 10.1 Å². The molecule has 0 aromatic heterocycles. The molecule has 0 heterocycles. The van der Waals surface area contributed by atoms with Crippen molar-refractivity contribution in [3.8, 4) is 0 Å². The van der Waals surface area contributed by atoms with E-state index in [1.165, 1.54) is 6.07 Å². The molecular weight excluding hydrogens is 180 g/mol. The fraction of sp³-hybridized carbons (Fsp3) is 0.400. The third kappa shape index (κ3) is 1.75. The number of rotatable bonds is 3. The minimum Gasteiger partial charge on any atom is -0.324 e. The van der Waals surface area contributed by atoms with Crippen molar-refractivity contribution in [2.45, 2.75) is 18.9 Å². The maximum atomic E-state index is 10.5. The molecule has 0 unspecified atom stereocenters. The highest BCUT2D eigenvalue weighted by atomic mass is 16.6. The molecule has 1 aromatic carbocycles. The van der Waals surface area contributed by atoms with Gasteiger partial charge in [-0.2, -0.15) is 0 Å². The van der Waals surface area contributed by atoms with Gasteiger partial charge in [0.05, 0.1) is 4.92 Å². The molecular formula is C10H12N2O2. The van der Waals surface area contributed by atoms with E-state index in [1.54, 1.807) is 12.1 Å². The van der Waals surface area contributed by atoms with E-state index in [1.807, 2.05) is 6.07 Å². The van der Waals surface area contributed by atoms with Crippen LogP contribution in [0, 0.1) is 16.0 Å². The molecule has 0 radical (unpaired) electrons. The molecule has 0 spiro atoms. The van der Waals surface area contributed by atoms with Crippen LogP contribution in [-0.2, 0) is 0 Å². The molecule has 2 N–H and O–H groups in total. The zero-order chi connectivity index (χ0) is 10.1. The third-order valence-corrected chi connectivity index (χ3v) is 2.60. The van der Waals surface area contributed by atoms with Crippen LogP contribution in [0.25, 0.3) is 0 Å². The van der Waals surface area contributed by atoms with Gasteiger partial charge in [-0.15, -0.1) is 0 Å². The van der Waals surface area contributed by atoms with E-state index >= 15 is 0 Å². The smallest absolute Gasteiger partial charge is 0.269 e. The van der Waals surface area contributed by atoms with Crippen LogP contribution < -0.4 is 5.73 Å². The van der Waals surface area contributed by atoms with Gasteiger partial charge >= 0.3 is 0 Å². The van der Waals surface area contributed by atoms with Crippen LogP contribution in [0.1, 0.15) is 24.4 Å². The Morgan fingerprint density at radius 1 is 1.50 bits per heavy atom. The van der Waals surface area contributed by atoms with Gasteiger partial charge < -0.3 is 5.73 Å². The Balaban J connectivity index is 2.24. The summed E-state index contributed by atoms with van der Waals surface area (Å²) in [5.74, 6) is 0.525. The molecule has 0 bridgehead atoms. The first-order chi connectivity index (χ1) is 6.68. The maximum absolute atomic E-state index is 10.5. The third-order valence-electron chi connectivity index (χ3n) is 2.60. The fourth-order valence-corrected chi connectivity index (χ4v) is 1.57. The summed E-state index contributed by atoms with van der Waals surface area (Å²) in [6.45, 7) is 0. The summed E-state index contributed by atoms with van der Waals surface area (Å²) in [5.41, 5.74) is 6.95. The van der Waals surface area contributed by atoms with Crippen LogP contribution in [0.5, 0.6) is 0 Å². The monoisotopic (exact) mass is 192 g/mol. The Morgan fingerprint density at radius 2 is 2.21 bits per heavy atom. The average molecular weight is 192 g/mol. The molecule has 1 saturated carbocycles. The van der Waals surface area contributed by atoms with Crippen molar-refractivity contribution in [3.63, 3.8) is 0 Å². The van der Waals surface area contributed by atoms with Gasteiger partial charge in [-0.25, -0.2) is 0 Å². The largest absolute Gasteiger partial charge is 0.324 e. The number of nitro benzene ring substituents is 1. The summed E-state index contributed by atoms with van der Waals surface area (Å²) in [6.07, 6.45) is 2.29. The van der Waals surface area contributed by atoms with E-state index < -0.39 is 0 Å². The molecule has 1 atom stereocenters. The van der Waals surface area contributed by atoms with Gasteiger partial charge in [0.15, 0.2) is 0 Å². The second-order valence-electron chi connectivity index (χ2n) is 3.72. The van der Waals surface area contributed by atoms with E-state index in [9.17, 15) is 10.1 Å². The quantitative estimate of drug-likeness (QED) is 0.588. The molecule has 1 fully saturated rings. The highest BCUT2D eigenvalue weighted by Gasteiger charge is 2.29. The van der Waals surface area contributed by atoms with E-state index in [0.29, 0.717) is 5.92 Å². The van der Waals surface area contributed by atoms with Crippen molar-refractivity contribution >= 4 is 5.69 Å². The molecule has 0 saturated heterocycles. The number of hydrogen-bond acceptors (Lipinski definition) is 3. The Labute approximate surface area is 81.9 Å². The van der Waals surface area contributed by atoms with Crippen molar-refractivity contribution in [3.05, 3.63) is 39.9 Å². The van der Waals surface area contributed by atoms with Crippen LogP contribution in [0.4, 0.5) is 5.69 Å². The van der Waals surface area contributed by atoms with Gasteiger partial charge in [-0.1, -0.05) is 12.1 Å². The Morgan fingerprint density at radius 3 is 2.79 bits per heavy atom. The summed E-state index contributed by atoms with van der Waals surface area (Å²) in [4.78, 5) is 10.1. The molecule has 14 heavy (non-hydrogen) atoms. The lowest BCUT2D eigenvalue weighted by Crippen LogP contribution is -2.12. The fourth-order valence-electron chi connectivity index (χ4n) is 1.57. The minimum absolute atomic E-state index is 0.0325. The molecule has 1 aromatic rings. The predicted molar refractivity (Wildman–Crippen MR) is 52.7 cm³/mol. The van der Waals surface area contributed by atoms with Crippen LogP contribution in [-0.4, -0.2) is 4.92 Å². The molecule has 4 nitrogen and oxygen atoms in total. The number of non-ortho nitro benzene ring substituents is 1. The predicted octanol–water partition coefficient (Wildman–Crippen LogP) is 2.00. The molecule has 0 amide bonds. The van der Waals surface area contributed by atoms with E-state index in [-0.39, 0.29) is 16.7 Å². The van der Waals surface area contributed by atoms with E-state index in [2.05, 4.69) is 0 Å². The Bertz CT molecular complexity index is 361. The van der Waals surface area contributed by atoms with Crippen molar-refractivity contribution in [2.75, 3.05) is 0 Å². The van der Waals surface area contributed by atoms with Crippen molar-refractivity contribution in [1.82, 2.24) is 0 Å². The molecule has 2 rings (SSSR count). The van der Waals surface area contributed by atoms with Gasteiger partial charge in [0.1, 0.15) is 0 Å². The highest BCUT2D eigenvalue weighted by Crippen LogP contribution is 2.39. The van der Waals surface area contributed by atoms with Gasteiger partial charge in [0.25, 0.3) is 5.69 Å². The SMILES string of the molecule is N[C@@H](c1cccc([N+](=O)[O-])c1)C1CC1. The van der Waals surface area contributed by atoms with Gasteiger partial charge in [0.2, 0.25) is 0 Å². The second-order valence-corrected chi connectivity index (χ2v) is 3.72. The van der Waals surface area contributed by atoms with Crippen LogP contribution in [0.3, 0.4) is 0 Å². The van der Waals surface area contributed by atoms with Crippen LogP contribution >= 0.6 is 0 Å². The average Bonchev–Trinajstić information content (AvgIpc) is 3.00. The first kappa shape index (κ1) is 9.15. The zero-order valence-electron chi connectivity index (χ0n) is 7.72. The topological polar surface area (TPSA) is 69.2 Å². The van der Waals surface area contributed by atoms with Gasteiger partial charge in [-0.05, 0) is 24.3 Å². The lowest BCUT2D eigenvalue weighted by atomic mass is 10.0. The van der Waals surface area contributed by atoms with E-state index in [0.717, 1.165) is 18.4 Å². The number of hydrogen-bond donors (Lipinski definition) is 1.